The number of hydrogen-bond donors (Lipinski definition) is 1. The molecule has 1 saturated heterocycles. The van der Waals surface area contributed by atoms with Crippen LogP contribution in [0.5, 0.6) is 0 Å². The molecule has 1 fully saturated rings. The maximum absolute atomic E-state index is 12.1. The molecular weight excluding hydrogens is 274 g/mol. The van der Waals surface area contributed by atoms with E-state index in [4.69, 9.17) is 0 Å². The Morgan fingerprint density at radius 2 is 2.35 bits per heavy atom. The van der Waals surface area contributed by atoms with Crippen molar-refractivity contribution in [3.63, 3.8) is 0 Å². The summed E-state index contributed by atoms with van der Waals surface area (Å²) in [7, 11) is 0. The molecule has 4 rings (SSSR count). The number of amides is 1. The zero-order valence-corrected chi connectivity index (χ0v) is 11.3. The van der Waals surface area contributed by atoms with Crippen molar-refractivity contribution in [1.82, 2.24) is 25.1 Å². The fourth-order valence-corrected chi connectivity index (χ4v) is 3.07. The summed E-state index contributed by atoms with van der Waals surface area (Å²) >= 11 is 1.38. The van der Waals surface area contributed by atoms with E-state index in [2.05, 4.69) is 20.2 Å². The summed E-state index contributed by atoms with van der Waals surface area (Å²) in [6, 6.07) is 3.91. The van der Waals surface area contributed by atoms with Crippen molar-refractivity contribution in [3.8, 4) is 0 Å². The summed E-state index contributed by atoms with van der Waals surface area (Å²) in [5.74, 6) is 0.367. The monoisotopic (exact) mass is 285 g/mol. The Morgan fingerprint density at radius 3 is 3.15 bits per heavy atom. The van der Waals surface area contributed by atoms with Crippen LogP contribution in [0.25, 0.3) is 11.0 Å². The summed E-state index contributed by atoms with van der Waals surface area (Å²) in [5, 5.41) is 8.29. The maximum atomic E-state index is 12.1. The Bertz CT molecular complexity index is 760. The molecule has 3 aromatic rings. The Hall–Kier alpha value is -2.28. The summed E-state index contributed by atoms with van der Waals surface area (Å²) in [6.45, 7) is 1.42. The summed E-state index contributed by atoms with van der Waals surface area (Å²) < 4.78 is 0. The summed E-state index contributed by atoms with van der Waals surface area (Å²) in [4.78, 5) is 22.8. The van der Waals surface area contributed by atoms with Crippen molar-refractivity contribution in [2.75, 3.05) is 13.1 Å². The number of nitrogens with zero attached hydrogens (tertiary/aromatic N) is 4. The van der Waals surface area contributed by atoms with E-state index in [1.54, 1.807) is 17.9 Å². The molecule has 0 aliphatic carbocycles. The number of aromatic amines is 1. The Labute approximate surface area is 118 Å². The Kier molecular flexibility index (Phi) is 2.53. The van der Waals surface area contributed by atoms with E-state index in [9.17, 15) is 4.79 Å². The molecule has 0 radical (unpaired) electrons. The second-order valence-electron chi connectivity index (χ2n) is 4.78. The van der Waals surface area contributed by atoms with Crippen LogP contribution in [-0.4, -0.2) is 44.1 Å². The number of thiazole rings is 1. The normalized spacial score (nSPS) is 15.5. The van der Waals surface area contributed by atoms with Crippen LogP contribution in [0, 0.1) is 0 Å². The van der Waals surface area contributed by atoms with Crippen LogP contribution < -0.4 is 0 Å². The first-order chi connectivity index (χ1) is 9.83. The van der Waals surface area contributed by atoms with Gasteiger partial charge in [0.05, 0.1) is 17.4 Å². The molecule has 0 unspecified atom stereocenters. The average Bonchev–Trinajstić information content (AvgIpc) is 3.06. The van der Waals surface area contributed by atoms with Gasteiger partial charge in [-0.05, 0) is 12.1 Å². The molecule has 4 heterocycles. The molecule has 1 aliphatic rings. The predicted molar refractivity (Wildman–Crippen MR) is 74.6 cm³/mol. The molecule has 0 aromatic carbocycles. The number of carbonyl (C=O) groups is 1. The summed E-state index contributed by atoms with van der Waals surface area (Å²) in [6.07, 6.45) is 3.35. The van der Waals surface area contributed by atoms with Gasteiger partial charge in [0, 0.05) is 30.6 Å². The molecule has 1 amide bonds. The van der Waals surface area contributed by atoms with E-state index < -0.39 is 0 Å². The van der Waals surface area contributed by atoms with Crippen LogP contribution in [0.2, 0.25) is 0 Å². The van der Waals surface area contributed by atoms with Gasteiger partial charge in [-0.15, -0.1) is 11.3 Å². The number of rotatable bonds is 2. The van der Waals surface area contributed by atoms with Crippen LogP contribution in [0.15, 0.2) is 30.0 Å². The highest BCUT2D eigenvalue weighted by Gasteiger charge is 2.34. The minimum Gasteiger partial charge on any atom is -0.336 e. The van der Waals surface area contributed by atoms with E-state index in [0.717, 1.165) is 16.7 Å². The zero-order chi connectivity index (χ0) is 13.5. The molecule has 0 atom stereocenters. The van der Waals surface area contributed by atoms with Gasteiger partial charge in [0.15, 0.2) is 5.65 Å². The SMILES string of the molecule is O=C(c1cncs1)N1CC(c2[nH]nc3ncccc23)C1. The van der Waals surface area contributed by atoms with E-state index in [0.29, 0.717) is 23.9 Å². The third-order valence-corrected chi connectivity index (χ3v) is 4.34. The van der Waals surface area contributed by atoms with Crippen molar-refractivity contribution < 1.29 is 4.79 Å². The highest BCUT2D eigenvalue weighted by molar-refractivity contribution is 7.11. The minimum atomic E-state index is 0.0608. The molecule has 100 valence electrons. The van der Waals surface area contributed by atoms with Crippen molar-refractivity contribution in [1.29, 1.82) is 0 Å². The van der Waals surface area contributed by atoms with Gasteiger partial charge in [-0.1, -0.05) is 0 Å². The van der Waals surface area contributed by atoms with Crippen molar-refractivity contribution >= 4 is 28.3 Å². The molecule has 0 bridgehead atoms. The number of carbonyl (C=O) groups excluding carboxylic acids is 1. The largest absolute Gasteiger partial charge is 0.336 e. The molecule has 20 heavy (non-hydrogen) atoms. The number of likely N-dealkylation sites (tertiary alicyclic amines) is 1. The van der Waals surface area contributed by atoms with Crippen molar-refractivity contribution in [2.24, 2.45) is 0 Å². The number of hydrogen-bond acceptors (Lipinski definition) is 5. The summed E-state index contributed by atoms with van der Waals surface area (Å²) in [5.41, 5.74) is 3.48. The average molecular weight is 285 g/mol. The van der Waals surface area contributed by atoms with Gasteiger partial charge in [0.2, 0.25) is 0 Å². The van der Waals surface area contributed by atoms with E-state index in [1.807, 2.05) is 17.0 Å². The standard InChI is InChI=1S/C13H11N5OS/c19-13(10-4-14-7-20-10)18-5-8(6-18)11-9-2-1-3-15-12(9)17-16-11/h1-4,7-8H,5-6H2,(H,15,16,17). The maximum Gasteiger partial charge on any atom is 0.265 e. The van der Waals surface area contributed by atoms with E-state index in [1.165, 1.54) is 11.3 Å². The lowest BCUT2D eigenvalue weighted by Crippen LogP contribution is -2.48. The molecule has 1 aliphatic heterocycles. The van der Waals surface area contributed by atoms with E-state index in [-0.39, 0.29) is 5.91 Å². The number of fused-ring (bicyclic) bond motifs is 1. The smallest absolute Gasteiger partial charge is 0.265 e. The first-order valence-electron chi connectivity index (χ1n) is 6.29. The number of aromatic nitrogens is 4. The van der Waals surface area contributed by atoms with Gasteiger partial charge in [-0.2, -0.15) is 5.10 Å². The van der Waals surface area contributed by atoms with Crippen LogP contribution in [0.1, 0.15) is 21.3 Å². The molecular formula is C13H11N5OS. The van der Waals surface area contributed by atoms with Gasteiger partial charge in [0.1, 0.15) is 4.88 Å². The van der Waals surface area contributed by atoms with Crippen molar-refractivity contribution in [2.45, 2.75) is 5.92 Å². The predicted octanol–water partition coefficient (Wildman–Crippen LogP) is 1.65. The lowest BCUT2D eigenvalue weighted by molar-refractivity contribution is 0.0604. The molecule has 7 heteroatoms. The van der Waals surface area contributed by atoms with Gasteiger partial charge in [-0.3, -0.25) is 14.9 Å². The van der Waals surface area contributed by atoms with E-state index >= 15 is 0 Å². The number of nitrogens with one attached hydrogen (secondary N) is 1. The van der Waals surface area contributed by atoms with Crippen LogP contribution in [0.4, 0.5) is 0 Å². The number of pyridine rings is 1. The van der Waals surface area contributed by atoms with Gasteiger partial charge >= 0.3 is 0 Å². The lowest BCUT2D eigenvalue weighted by atomic mass is 9.94. The van der Waals surface area contributed by atoms with Crippen molar-refractivity contribution in [3.05, 3.63) is 40.6 Å². The van der Waals surface area contributed by atoms with Crippen LogP contribution in [0.3, 0.4) is 0 Å². The van der Waals surface area contributed by atoms with Gasteiger partial charge < -0.3 is 4.90 Å². The minimum absolute atomic E-state index is 0.0608. The first kappa shape index (κ1) is 11.5. The molecule has 1 N–H and O–H groups in total. The molecule has 0 spiro atoms. The fraction of sp³-hybridized carbons (Fsp3) is 0.231. The molecule has 3 aromatic heterocycles. The third kappa shape index (κ3) is 1.70. The lowest BCUT2D eigenvalue weighted by Gasteiger charge is -2.38. The number of H-pyrrole nitrogens is 1. The second kappa shape index (κ2) is 4.38. The molecule has 0 saturated carbocycles. The van der Waals surface area contributed by atoms with Gasteiger partial charge in [0.25, 0.3) is 5.91 Å². The quantitative estimate of drug-likeness (QED) is 0.777. The van der Waals surface area contributed by atoms with Crippen LogP contribution in [-0.2, 0) is 0 Å². The van der Waals surface area contributed by atoms with Crippen LogP contribution >= 0.6 is 11.3 Å². The topological polar surface area (TPSA) is 74.8 Å². The highest BCUT2D eigenvalue weighted by atomic mass is 32.1. The Balaban J connectivity index is 1.53. The zero-order valence-electron chi connectivity index (χ0n) is 10.5. The second-order valence-corrected chi connectivity index (χ2v) is 5.67. The fourth-order valence-electron chi connectivity index (χ4n) is 2.49. The molecule has 6 nitrogen and oxygen atoms in total. The highest BCUT2D eigenvalue weighted by Crippen LogP contribution is 2.31. The third-order valence-electron chi connectivity index (χ3n) is 3.58. The first-order valence-corrected chi connectivity index (χ1v) is 7.17. The van der Waals surface area contributed by atoms with Gasteiger partial charge in [-0.25, -0.2) is 4.98 Å². The Morgan fingerprint density at radius 1 is 1.45 bits per heavy atom.